The lowest BCUT2D eigenvalue weighted by molar-refractivity contribution is 0.585. The first-order valence-electron chi connectivity index (χ1n) is 6.79. The summed E-state index contributed by atoms with van der Waals surface area (Å²) in [6.45, 7) is 1.75. The number of anilines is 1. The number of benzene rings is 1. The van der Waals surface area contributed by atoms with Gasteiger partial charge in [-0.1, -0.05) is 11.6 Å². The first kappa shape index (κ1) is 15.4. The molecule has 0 unspecified atom stereocenters. The van der Waals surface area contributed by atoms with Gasteiger partial charge in [-0.25, -0.2) is 13.8 Å². The second kappa shape index (κ2) is 5.62. The number of nitrogen functional groups attached to an aromatic ring is 1. The van der Waals surface area contributed by atoms with Crippen LogP contribution in [0.3, 0.4) is 0 Å². The molecule has 0 saturated heterocycles. The molecule has 0 aliphatic heterocycles. The van der Waals surface area contributed by atoms with Crippen molar-refractivity contribution < 1.29 is 8.78 Å². The molecule has 0 radical (unpaired) electrons. The molecule has 7 heteroatoms. The molecule has 4 nitrogen and oxygen atoms in total. The predicted molar refractivity (Wildman–Crippen MR) is 86.0 cm³/mol. The summed E-state index contributed by atoms with van der Waals surface area (Å²) in [6, 6.07) is 5.12. The maximum atomic E-state index is 14.3. The lowest BCUT2D eigenvalue weighted by atomic mass is 9.98. The average molecular weight is 335 g/mol. The van der Waals surface area contributed by atoms with Crippen molar-refractivity contribution in [3.63, 3.8) is 0 Å². The van der Waals surface area contributed by atoms with Crippen LogP contribution in [0, 0.1) is 18.6 Å². The summed E-state index contributed by atoms with van der Waals surface area (Å²) >= 11 is 5.98. The number of hydrogen-bond acceptors (Lipinski definition) is 3. The van der Waals surface area contributed by atoms with Crippen LogP contribution in [-0.4, -0.2) is 14.8 Å². The van der Waals surface area contributed by atoms with Crippen LogP contribution in [0.1, 0.15) is 5.69 Å². The van der Waals surface area contributed by atoms with Gasteiger partial charge in [0.25, 0.3) is 0 Å². The van der Waals surface area contributed by atoms with Crippen LogP contribution >= 0.6 is 11.6 Å². The minimum absolute atomic E-state index is 0.159. The third-order valence-corrected chi connectivity index (χ3v) is 3.92. The van der Waals surface area contributed by atoms with Crippen molar-refractivity contribution in [2.75, 3.05) is 5.73 Å². The van der Waals surface area contributed by atoms with Gasteiger partial charge in [-0.2, -0.15) is 5.10 Å². The monoisotopic (exact) mass is 334 g/mol. The molecule has 0 saturated carbocycles. The molecular formula is C16H13ClF2N4. The zero-order valence-electron chi connectivity index (χ0n) is 12.4. The van der Waals surface area contributed by atoms with E-state index in [4.69, 9.17) is 17.3 Å². The van der Waals surface area contributed by atoms with Crippen molar-refractivity contribution in [3.05, 3.63) is 52.9 Å². The molecule has 118 valence electrons. The minimum Gasteiger partial charge on any atom is -0.396 e. The van der Waals surface area contributed by atoms with Crippen LogP contribution in [0.5, 0.6) is 0 Å². The number of rotatable bonds is 2. The maximum Gasteiger partial charge on any atom is 0.152 e. The maximum absolute atomic E-state index is 14.3. The molecule has 3 aromatic rings. The highest BCUT2D eigenvalue weighted by molar-refractivity contribution is 6.32. The van der Waals surface area contributed by atoms with E-state index in [1.54, 1.807) is 24.7 Å². The minimum atomic E-state index is -0.666. The highest BCUT2D eigenvalue weighted by Crippen LogP contribution is 2.39. The zero-order valence-corrected chi connectivity index (χ0v) is 13.2. The van der Waals surface area contributed by atoms with Crippen LogP contribution in [0.25, 0.3) is 22.4 Å². The third kappa shape index (κ3) is 2.55. The fourth-order valence-electron chi connectivity index (χ4n) is 2.64. The van der Waals surface area contributed by atoms with Gasteiger partial charge in [-0.05, 0) is 25.1 Å². The van der Waals surface area contributed by atoms with Crippen LogP contribution in [0.15, 0.2) is 30.5 Å². The van der Waals surface area contributed by atoms with Gasteiger partial charge in [0.05, 0.1) is 17.1 Å². The van der Waals surface area contributed by atoms with Gasteiger partial charge < -0.3 is 5.73 Å². The van der Waals surface area contributed by atoms with Gasteiger partial charge in [0.2, 0.25) is 0 Å². The standard InChI is InChI=1S/C16H13ClF2N4/c1-8-13(10-4-3-9(18)7-12(10)19)15(23(2)22-8)11-5-6-21-16(17)14(11)20/h3-7H,20H2,1-2H3. The summed E-state index contributed by atoms with van der Waals surface area (Å²) < 4.78 is 29.1. The smallest absolute Gasteiger partial charge is 0.152 e. The van der Waals surface area contributed by atoms with E-state index in [2.05, 4.69) is 10.1 Å². The number of nitrogens with zero attached hydrogens (tertiary/aromatic N) is 3. The van der Waals surface area contributed by atoms with Gasteiger partial charge in [0.1, 0.15) is 11.6 Å². The molecule has 2 heterocycles. The highest BCUT2D eigenvalue weighted by atomic mass is 35.5. The Morgan fingerprint density at radius 3 is 2.61 bits per heavy atom. The van der Waals surface area contributed by atoms with Gasteiger partial charge in [-0.3, -0.25) is 4.68 Å². The summed E-state index contributed by atoms with van der Waals surface area (Å²) in [4.78, 5) is 3.92. The van der Waals surface area contributed by atoms with Crippen molar-refractivity contribution in [1.82, 2.24) is 14.8 Å². The van der Waals surface area contributed by atoms with E-state index in [0.29, 0.717) is 22.5 Å². The Morgan fingerprint density at radius 2 is 1.91 bits per heavy atom. The summed E-state index contributed by atoms with van der Waals surface area (Å²) in [5.41, 5.74) is 8.86. The molecule has 2 N–H and O–H groups in total. The SMILES string of the molecule is Cc1nn(C)c(-c2ccnc(Cl)c2N)c1-c1ccc(F)cc1F. The zero-order chi connectivity index (χ0) is 16.7. The Kier molecular flexibility index (Phi) is 3.77. The van der Waals surface area contributed by atoms with Crippen molar-refractivity contribution in [1.29, 1.82) is 0 Å². The molecule has 2 aromatic heterocycles. The van der Waals surface area contributed by atoms with E-state index >= 15 is 0 Å². The molecule has 0 aliphatic rings. The van der Waals surface area contributed by atoms with Crippen molar-refractivity contribution in [2.24, 2.45) is 7.05 Å². The molecule has 0 atom stereocenters. The molecular weight excluding hydrogens is 322 g/mol. The number of halogens is 3. The Bertz CT molecular complexity index is 905. The average Bonchev–Trinajstić information content (AvgIpc) is 2.77. The van der Waals surface area contributed by atoms with Crippen LogP contribution < -0.4 is 5.73 Å². The van der Waals surface area contributed by atoms with E-state index in [1.807, 2.05) is 0 Å². The Balaban J connectivity index is 2.33. The van der Waals surface area contributed by atoms with Crippen molar-refractivity contribution in [2.45, 2.75) is 6.92 Å². The third-order valence-electron chi connectivity index (χ3n) is 3.62. The van der Waals surface area contributed by atoms with E-state index in [0.717, 1.165) is 6.07 Å². The molecule has 0 aliphatic carbocycles. The Hall–Kier alpha value is -2.47. The molecule has 3 rings (SSSR count). The van der Waals surface area contributed by atoms with Gasteiger partial charge >= 0.3 is 0 Å². The van der Waals surface area contributed by atoms with Crippen molar-refractivity contribution >= 4 is 17.3 Å². The summed E-state index contributed by atoms with van der Waals surface area (Å²) in [7, 11) is 1.72. The van der Waals surface area contributed by atoms with Gasteiger partial charge in [0.15, 0.2) is 5.15 Å². The van der Waals surface area contributed by atoms with E-state index in [9.17, 15) is 8.78 Å². The topological polar surface area (TPSA) is 56.7 Å². The second-order valence-corrected chi connectivity index (χ2v) is 5.48. The lowest BCUT2D eigenvalue weighted by Gasteiger charge is -2.11. The van der Waals surface area contributed by atoms with Gasteiger partial charge in [-0.15, -0.1) is 0 Å². The van der Waals surface area contributed by atoms with E-state index in [1.165, 1.54) is 18.3 Å². The van der Waals surface area contributed by atoms with Crippen LogP contribution in [0.2, 0.25) is 5.15 Å². The number of aromatic nitrogens is 3. The molecule has 0 spiro atoms. The number of nitrogens with two attached hydrogens (primary N) is 1. The molecule has 23 heavy (non-hydrogen) atoms. The van der Waals surface area contributed by atoms with E-state index < -0.39 is 11.6 Å². The summed E-state index contributed by atoms with van der Waals surface area (Å²) in [5, 5.41) is 4.49. The normalized spacial score (nSPS) is 11.0. The number of pyridine rings is 1. The summed E-state index contributed by atoms with van der Waals surface area (Å²) in [5.74, 6) is -1.30. The first-order valence-corrected chi connectivity index (χ1v) is 7.17. The lowest BCUT2D eigenvalue weighted by Crippen LogP contribution is -2.00. The molecule has 0 amide bonds. The van der Waals surface area contributed by atoms with Crippen LogP contribution in [-0.2, 0) is 7.05 Å². The van der Waals surface area contributed by atoms with Crippen LogP contribution in [0.4, 0.5) is 14.5 Å². The largest absolute Gasteiger partial charge is 0.396 e. The Morgan fingerprint density at radius 1 is 1.17 bits per heavy atom. The molecule has 1 aromatic carbocycles. The Labute approximate surface area is 136 Å². The fourth-order valence-corrected chi connectivity index (χ4v) is 2.79. The molecule has 0 fully saturated rings. The second-order valence-electron chi connectivity index (χ2n) is 5.12. The quantitative estimate of drug-likeness (QED) is 0.721. The highest BCUT2D eigenvalue weighted by Gasteiger charge is 2.22. The number of hydrogen-bond donors (Lipinski definition) is 1. The van der Waals surface area contributed by atoms with Gasteiger partial charge in [0, 0.05) is 36.0 Å². The van der Waals surface area contributed by atoms with Crippen molar-refractivity contribution in [3.8, 4) is 22.4 Å². The first-order chi connectivity index (χ1) is 10.9. The summed E-state index contributed by atoms with van der Waals surface area (Å²) in [6.07, 6.45) is 1.52. The predicted octanol–water partition coefficient (Wildman–Crippen LogP) is 3.97. The number of aryl methyl sites for hydroxylation is 2. The van der Waals surface area contributed by atoms with E-state index in [-0.39, 0.29) is 16.4 Å². The molecule has 0 bridgehead atoms. The fraction of sp³-hybridized carbons (Fsp3) is 0.125.